The van der Waals surface area contributed by atoms with Gasteiger partial charge in [-0.05, 0) is 25.5 Å². The lowest BCUT2D eigenvalue weighted by Gasteiger charge is -2.04. The first-order valence-corrected chi connectivity index (χ1v) is 4.71. The molecule has 14 heavy (non-hydrogen) atoms. The van der Waals surface area contributed by atoms with Crippen molar-refractivity contribution >= 4 is 10.9 Å². The highest BCUT2D eigenvalue weighted by Crippen LogP contribution is 2.21. The van der Waals surface area contributed by atoms with Crippen molar-refractivity contribution in [3.8, 4) is 0 Å². The number of rotatable bonds is 1. The maximum Gasteiger partial charge on any atom is 0.0762 e. The van der Waals surface area contributed by atoms with Crippen molar-refractivity contribution in [1.29, 1.82) is 0 Å². The van der Waals surface area contributed by atoms with E-state index in [1.807, 2.05) is 36.9 Å². The van der Waals surface area contributed by atoms with Crippen LogP contribution in [0.5, 0.6) is 0 Å². The molecule has 74 valence electrons. The van der Waals surface area contributed by atoms with Gasteiger partial charge in [-0.3, -0.25) is 4.68 Å². The maximum atomic E-state index is 9.45. The van der Waals surface area contributed by atoms with Crippen LogP contribution >= 0.6 is 0 Å². The highest BCUT2D eigenvalue weighted by molar-refractivity contribution is 5.82. The molecule has 1 atom stereocenters. The summed E-state index contributed by atoms with van der Waals surface area (Å²) < 4.78 is 1.84. The van der Waals surface area contributed by atoms with Crippen LogP contribution in [0.15, 0.2) is 18.2 Å². The van der Waals surface area contributed by atoms with E-state index in [2.05, 4.69) is 5.10 Å². The van der Waals surface area contributed by atoms with E-state index in [0.717, 1.165) is 22.2 Å². The Labute approximate surface area is 83.0 Å². The Balaban J connectivity index is 2.71. The first-order valence-electron chi connectivity index (χ1n) is 4.71. The molecule has 1 unspecified atom stereocenters. The monoisotopic (exact) mass is 190 g/mol. The van der Waals surface area contributed by atoms with Gasteiger partial charge in [-0.2, -0.15) is 5.10 Å². The summed E-state index contributed by atoms with van der Waals surface area (Å²) in [6.45, 7) is 3.76. The molecule has 0 saturated carbocycles. The Bertz CT molecular complexity index is 471. The Kier molecular flexibility index (Phi) is 2.04. The van der Waals surface area contributed by atoms with Crippen molar-refractivity contribution in [2.24, 2.45) is 7.05 Å². The first-order chi connectivity index (χ1) is 6.59. The second-order valence-electron chi connectivity index (χ2n) is 3.66. The first kappa shape index (κ1) is 9.21. The van der Waals surface area contributed by atoms with Gasteiger partial charge in [0.25, 0.3) is 0 Å². The third-order valence-electron chi connectivity index (χ3n) is 2.54. The SMILES string of the molecule is Cc1nn(C)c2cc(C(C)O)ccc12. The molecule has 0 saturated heterocycles. The number of aryl methyl sites for hydroxylation is 2. The third kappa shape index (κ3) is 1.30. The van der Waals surface area contributed by atoms with E-state index >= 15 is 0 Å². The van der Waals surface area contributed by atoms with Crippen LogP contribution in [-0.4, -0.2) is 14.9 Å². The zero-order chi connectivity index (χ0) is 10.3. The van der Waals surface area contributed by atoms with Gasteiger partial charge >= 0.3 is 0 Å². The summed E-state index contributed by atoms with van der Waals surface area (Å²) in [5, 5.41) is 14.9. The Hall–Kier alpha value is -1.35. The van der Waals surface area contributed by atoms with Crippen LogP contribution in [0.1, 0.15) is 24.3 Å². The molecule has 0 aliphatic heterocycles. The standard InChI is InChI=1S/C11H14N2O/c1-7-10-5-4-9(8(2)14)6-11(10)13(3)12-7/h4-6,8,14H,1-3H3. The van der Waals surface area contributed by atoms with Crippen LogP contribution in [0.25, 0.3) is 10.9 Å². The molecule has 3 heteroatoms. The van der Waals surface area contributed by atoms with Crippen LogP contribution in [-0.2, 0) is 7.05 Å². The molecule has 0 fully saturated rings. The van der Waals surface area contributed by atoms with Crippen LogP contribution in [0.4, 0.5) is 0 Å². The van der Waals surface area contributed by atoms with Crippen molar-refractivity contribution in [2.75, 3.05) is 0 Å². The molecule has 1 N–H and O–H groups in total. The number of aliphatic hydroxyl groups excluding tert-OH is 1. The lowest BCUT2D eigenvalue weighted by molar-refractivity contribution is 0.199. The van der Waals surface area contributed by atoms with Gasteiger partial charge in [0.05, 0.1) is 17.3 Å². The quantitative estimate of drug-likeness (QED) is 0.746. The second-order valence-corrected chi connectivity index (χ2v) is 3.66. The van der Waals surface area contributed by atoms with Gasteiger partial charge in [0.2, 0.25) is 0 Å². The third-order valence-corrected chi connectivity index (χ3v) is 2.54. The Morgan fingerprint density at radius 2 is 2.14 bits per heavy atom. The van der Waals surface area contributed by atoms with Gasteiger partial charge < -0.3 is 5.11 Å². The van der Waals surface area contributed by atoms with E-state index in [4.69, 9.17) is 0 Å². The van der Waals surface area contributed by atoms with E-state index in [1.54, 1.807) is 6.92 Å². The minimum absolute atomic E-state index is 0.422. The summed E-state index contributed by atoms with van der Waals surface area (Å²) >= 11 is 0. The molecular formula is C11H14N2O. The van der Waals surface area contributed by atoms with E-state index in [0.29, 0.717) is 0 Å². The summed E-state index contributed by atoms with van der Waals surface area (Å²) in [6.07, 6.45) is -0.422. The molecular weight excluding hydrogens is 176 g/mol. The largest absolute Gasteiger partial charge is 0.389 e. The molecule has 2 aromatic rings. The van der Waals surface area contributed by atoms with Gasteiger partial charge in [0, 0.05) is 12.4 Å². The van der Waals surface area contributed by atoms with Gasteiger partial charge in [0.15, 0.2) is 0 Å². The second kappa shape index (κ2) is 3.10. The predicted octanol–water partition coefficient (Wildman–Crippen LogP) is 1.94. The van der Waals surface area contributed by atoms with Gasteiger partial charge in [0.1, 0.15) is 0 Å². The molecule has 1 heterocycles. The molecule has 0 amide bonds. The van der Waals surface area contributed by atoms with Crippen molar-refractivity contribution in [3.63, 3.8) is 0 Å². The topological polar surface area (TPSA) is 38.0 Å². The number of aliphatic hydroxyl groups is 1. The number of nitrogens with zero attached hydrogens (tertiary/aromatic N) is 2. The average Bonchev–Trinajstić information content (AvgIpc) is 2.42. The highest BCUT2D eigenvalue weighted by atomic mass is 16.3. The number of fused-ring (bicyclic) bond motifs is 1. The zero-order valence-electron chi connectivity index (χ0n) is 8.65. The highest BCUT2D eigenvalue weighted by Gasteiger charge is 2.07. The number of aromatic nitrogens is 2. The number of hydrogen-bond donors (Lipinski definition) is 1. The van der Waals surface area contributed by atoms with Gasteiger partial charge in [-0.25, -0.2) is 0 Å². The van der Waals surface area contributed by atoms with Crippen LogP contribution in [0.2, 0.25) is 0 Å². The lowest BCUT2D eigenvalue weighted by atomic mass is 10.1. The molecule has 0 bridgehead atoms. The Morgan fingerprint density at radius 3 is 2.79 bits per heavy atom. The van der Waals surface area contributed by atoms with Crippen molar-refractivity contribution in [2.45, 2.75) is 20.0 Å². The van der Waals surface area contributed by atoms with Gasteiger partial charge in [-0.15, -0.1) is 0 Å². The lowest BCUT2D eigenvalue weighted by Crippen LogP contribution is -1.93. The molecule has 0 aliphatic carbocycles. The molecule has 2 rings (SSSR count). The minimum atomic E-state index is -0.422. The molecule has 0 spiro atoms. The minimum Gasteiger partial charge on any atom is -0.389 e. The predicted molar refractivity (Wildman–Crippen MR) is 56.1 cm³/mol. The molecule has 0 radical (unpaired) electrons. The number of hydrogen-bond acceptors (Lipinski definition) is 2. The normalized spacial score (nSPS) is 13.4. The van der Waals surface area contributed by atoms with Crippen LogP contribution in [0, 0.1) is 6.92 Å². The van der Waals surface area contributed by atoms with E-state index < -0.39 is 6.10 Å². The van der Waals surface area contributed by atoms with Gasteiger partial charge in [-0.1, -0.05) is 12.1 Å². The molecule has 1 aromatic heterocycles. The van der Waals surface area contributed by atoms with Crippen molar-refractivity contribution in [1.82, 2.24) is 9.78 Å². The fraction of sp³-hybridized carbons (Fsp3) is 0.364. The van der Waals surface area contributed by atoms with E-state index in [-0.39, 0.29) is 0 Å². The smallest absolute Gasteiger partial charge is 0.0762 e. The number of benzene rings is 1. The molecule has 3 nitrogen and oxygen atoms in total. The summed E-state index contributed by atoms with van der Waals surface area (Å²) in [7, 11) is 1.92. The fourth-order valence-electron chi connectivity index (χ4n) is 1.71. The van der Waals surface area contributed by atoms with Crippen LogP contribution in [0.3, 0.4) is 0 Å². The summed E-state index contributed by atoms with van der Waals surface area (Å²) in [5.41, 5.74) is 3.03. The average molecular weight is 190 g/mol. The summed E-state index contributed by atoms with van der Waals surface area (Å²) in [5.74, 6) is 0. The van der Waals surface area contributed by atoms with E-state index in [9.17, 15) is 5.11 Å². The molecule has 0 aliphatic rings. The van der Waals surface area contributed by atoms with Crippen LogP contribution < -0.4 is 0 Å². The zero-order valence-corrected chi connectivity index (χ0v) is 8.65. The van der Waals surface area contributed by atoms with Crippen molar-refractivity contribution < 1.29 is 5.11 Å². The van der Waals surface area contributed by atoms with E-state index in [1.165, 1.54) is 0 Å². The van der Waals surface area contributed by atoms with Crippen molar-refractivity contribution in [3.05, 3.63) is 29.5 Å². The maximum absolute atomic E-state index is 9.45. The summed E-state index contributed by atoms with van der Waals surface area (Å²) in [6, 6.07) is 5.95. The Morgan fingerprint density at radius 1 is 1.43 bits per heavy atom. The fourth-order valence-corrected chi connectivity index (χ4v) is 1.71. The molecule has 1 aromatic carbocycles. The summed E-state index contributed by atoms with van der Waals surface area (Å²) in [4.78, 5) is 0.